The van der Waals surface area contributed by atoms with Crippen molar-refractivity contribution in [2.24, 2.45) is 11.7 Å². The molecule has 1 heterocycles. The van der Waals surface area contributed by atoms with Crippen molar-refractivity contribution in [2.45, 2.75) is 63.6 Å². The standard InChI is InChI=1S/C13H24N2O2/c1-9-7-10(8-17-9)13(16)15-12-6-4-2-3-5-11(12)14/h9-12H,2-8,14H2,1H3,(H,15,16). The molecule has 4 atom stereocenters. The zero-order valence-corrected chi connectivity index (χ0v) is 10.7. The summed E-state index contributed by atoms with van der Waals surface area (Å²) in [6.07, 6.45) is 6.72. The Hall–Kier alpha value is -0.610. The molecule has 0 aromatic carbocycles. The number of carbonyl (C=O) groups excluding carboxylic acids is 1. The molecule has 2 aliphatic rings. The van der Waals surface area contributed by atoms with Crippen LogP contribution in [0.1, 0.15) is 45.4 Å². The molecule has 1 aliphatic carbocycles. The predicted octanol–water partition coefficient (Wildman–Crippen LogP) is 1.19. The van der Waals surface area contributed by atoms with Crippen molar-refractivity contribution < 1.29 is 9.53 Å². The maximum Gasteiger partial charge on any atom is 0.225 e. The highest BCUT2D eigenvalue weighted by molar-refractivity contribution is 5.79. The van der Waals surface area contributed by atoms with Crippen LogP contribution in [0, 0.1) is 5.92 Å². The van der Waals surface area contributed by atoms with Gasteiger partial charge in [0.05, 0.1) is 18.6 Å². The number of rotatable bonds is 2. The lowest BCUT2D eigenvalue weighted by Gasteiger charge is -2.24. The summed E-state index contributed by atoms with van der Waals surface area (Å²) in [7, 11) is 0. The average Bonchev–Trinajstić information content (AvgIpc) is 2.63. The van der Waals surface area contributed by atoms with Gasteiger partial charge < -0.3 is 15.8 Å². The van der Waals surface area contributed by atoms with Crippen molar-refractivity contribution in [3.8, 4) is 0 Å². The monoisotopic (exact) mass is 240 g/mol. The Bertz CT molecular complexity index is 270. The second-order valence-electron chi connectivity index (χ2n) is 5.49. The molecule has 4 unspecified atom stereocenters. The molecule has 0 spiro atoms. The van der Waals surface area contributed by atoms with Crippen molar-refractivity contribution in [1.82, 2.24) is 5.32 Å². The van der Waals surface area contributed by atoms with Gasteiger partial charge in [-0.3, -0.25) is 4.79 Å². The smallest absolute Gasteiger partial charge is 0.225 e. The Kier molecular flexibility index (Phi) is 4.40. The van der Waals surface area contributed by atoms with Crippen LogP contribution >= 0.6 is 0 Å². The van der Waals surface area contributed by atoms with Gasteiger partial charge in [-0.15, -0.1) is 0 Å². The fourth-order valence-electron chi connectivity index (χ4n) is 2.82. The third kappa shape index (κ3) is 3.42. The van der Waals surface area contributed by atoms with Gasteiger partial charge in [0, 0.05) is 12.1 Å². The number of carbonyl (C=O) groups is 1. The van der Waals surface area contributed by atoms with E-state index in [1.807, 2.05) is 6.92 Å². The zero-order valence-electron chi connectivity index (χ0n) is 10.7. The first-order valence-corrected chi connectivity index (χ1v) is 6.84. The minimum atomic E-state index is 0.0282. The summed E-state index contributed by atoms with van der Waals surface area (Å²) in [4.78, 5) is 12.1. The molecule has 3 N–H and O–H groups in total. The maximum atomic E-state index is 12.1. The Labute approximate surface area is 103 Å². The second kappa shape index (κ2) is 5.83. The number of nitrogens with two attached hydrogens (primary N) is 1. The lowest BCUT2D eigenvalue weighted by Crippen LogP contribution is -2.48. The number of amides is 1. The van der Waals surface area contributed by atoms with Gasteiger partial charge in [0.1, 0.15) is 0 Å². The molecule has 17 heavy (non-hydrogen) atoms. The molecule has 4 nitrogen and oxygen atoms in total. The highest BCUT2D eigenvalue weighted by Crippen LogP contribution is 2.21. The van der Waals surface area contributed by atoms with E-state index < -0.39 is 0 Å². The minimum absolute atomic E-state index is 0.0282. The molecule has 0 radical (unpaired) electrons. The maximum absolute atomic E-state index is 12.1. The molecule has 2 rings (SSSR count). The highest BCUT2D eigenvalue weighted by Gasteiger charge is 2.31. The SMILES string of the molecule is CC1CC(C(=O)NC2CCCCCC2N)CO1. The summed E-state index contributed by atoms with van der Waals surface area (Å²) in [6.45, 7) is 2.58. The number of ether oxygens (including phenoxy) is 1. The lowest BCUT2D eigenvalue weighted by atomic mass is 10.0. The van der Waals surface area contributed by atoms with Gasteiger partial charge in [0.25, 0.3) is 0 Å². The molecule has 0 bridgehead atoms. The van der Waals surface area contributed by atoms with Crippen molar-refractivity contribution in [2.75, 3.05) is 6.61 Å². The summed E-state index contributed by atoms with van der Waals surface area (Å²) >= 11 is 0. The lowest BCUT2D eigenvalue weighted by molar-refractivity contribution is -0.125. The Morgan fingerprint density at radius 2 is 2.06 bits per heavy atom. The fraction of sp³-hybridized carbons (Fsp3) is 0.923. The minimum Gasteiger partial charge on any atom is -0.378 e. The van der Waals surface area contributed by atoms with E-state index in [0.717, 1.165) is 19.3 Å². The van der Waals surface area contributed by atoms with E-state index in [1.54, 1.807) is 0 Å². The summed E-state index contributed by atoms with van der Waals surface area (Å²) in [6, 6.07) is 0.294. The van der Waals surface area contributed by atoms with Gasteiger partial charge in [-0.2, -0.15) is 0 Å². The van der Waals surface area contributed by atoms with Crippen molar-refractivity contribution in [1.29, 1.82) is 0 Å². The van der Waals surface area contributed by atoms with Crippen LogP contribution in [-0.4, -0.2) is 30.7 Å². The van der Waals surface area contributed by atoms with E-state index in [1.165, 1.54) is 19.3 Å². The molecule has 1 amide bonds. The Morgan fingerprint density at radius 3 is 2.76 bits per heavy atom. The van der Waals surface area contributed by atoms with Gasteiger partial charge in [-0.05, 0) is 26.2 Å². The normalized spacial score (nSPS) is 38.7. The molecule has 0 aromatic rings. The van der Waals surface area contributed by atoms with Gasteiger partial charge in [0.2, 0.25) is 5.91 Å². The topological polar surface area (TPSA) is 64.4 Å². The summed E-state index contributed by atoms with van der Waals surface area (Å²) in [5.41, 5.74) is 6.11. The second-order valence-corrected chi connectivity index (χ2v) is 5.49. The van der Waals surface area contributed by atoms with E-state index in [9.17, 15) is 4.79 Å². The number of hydrogen-bond donors (Lipinski definition) is 2. The van der Waals surface area contributed by atoms with Crippen LogP contribution in [0.25, 0.3) is 0 Å². The van der Waals surface area contributed by atoms with E-state index >= 15 is 0 Å². The first kappa shape index (κ1) is 12.8. The molecule has 0 aromatic heterocycles. The fourth-order valence-corrected chi connectivity index (χ4v) is 2.82. The van der Waals surface area contributed by atoms with Gasteiger partial charge in [0.15, 0.2) is 0 Å². The predicted molar refractivity (Wildman–Crippen MR) is 66.5 cm³/mol. The molecule has 1 saturated heterocycles. The van der Waals surface area contributed by atoms with E-state index in [2.05, 4.69) is 5.32 Å². The largest absolute Gasteiger partial charge is 0.378 e. The summed E-state index contributed by atoms with van der Waals surface area (Å²) in [5.74, 6) is 0.164. The van der Waals surface area contributed by atoms with Crippen LogP contribution in [0.5, 0.6) is 0 Å². The summed E-state index contributed by atoms with van der Waals surface area (Å²) in [5, 5.41) is 3.13. The van der Waals surface area contributed by atoms with E-state index in [-0.39, 0.29) is 30.0 Å². The Morgan fingerprint density at radius 1 is 1.29 bits per heavy atom. The Balaban J connectivity index is 1.84. The molecular weight excluding hydrogens is 216 g/mol. The first-order valence-electron chi connectivity index (χ1n) is 6.84. The number of nitrogens with one attached hydrogen (secondary N) is 1. The number of hydrogen-bond acceptors (Lipinski definition) is 3. The average molecular weight is 240 g/mol. The molecular formula is C13H24N2O2. The molecule has 1 saturated carbocycles. The van der Waals surface area contributed by atoms with Crippen LogP contribution < -0.4 is 11.1 Å². The first-order chi connectivity index (χ1) is 8.16. The van der Waals surface area contributed by atoms with E-state index in [4.69, 9.17) is 10.5 Å². The third-order valence-electron chi connectivity index (χ3n) is 3.97. The van der Waals surface area contributed by atoms with Crippen LogP contribution in [0.2, 0.25) is 0 Å². The van der Waals surface area contributed by atoms with Crippen molar-refractivity contribution in [3.05, 3.63) is 0 Å². The quantitative estimate of drug-likeness (QED) is 0.713. The zero-order chi connectivity index (χ0) is 12.3. The van der Waals surface area contributed by atoms with Crippen LogP contribution in [0.15, 0.2) is 0 Å². The molecule has 98 valence electrons. The molecule has 1 aliphatic heterocycles. The highest BCUT2D eigenvalue weighted by atomic mass is 16.5. The summed E-state index contributed by atoms with van der Waals surface area (Å²) < 4.78 is 5.44. The van der Waals surface area contributed by atoms with Gasteiger partial charge in [-0.1, -0.05) is 19.3 Å². The van der Waals surface area contributed by atoms with Crippen molar-refractivity contribution in [3.63, 3.8) is 0 Å². The van der Waals surface area contributed by atoms with Gasteiger partial charge >= 0.3 is 0 Å². The van der Waals surface area contributed by atoms with Crippen LogP contribution in [-0.2, 0) is 9.53 Å². The molecule has 4 heteroatoms. The van der Waals surface area contributed by atoms with Crippen molar-refractivity contribution >= 4 is 5.91 Å². The van der Waals surface area contributed by atoms with Gasteiger partial charge in [-0.25, -0.2) is 0 Å². The third-order valence-corrected chi connectivity index (χ3v) is 3.97. The van der Waals surface area contributed by atoms with Crippen LogP contribution in [0.4, 0.5) is 0 Å². The van der Waals surface area contributed by atoms with Crippen LogP contribution in [0.3, 0.4) is 0 Å². The van der Waals surface area contributed by atoms with E-state index in [0.29, 0.717) is 6.61 Å². The molecule has 2 fully saturated rings.